The average molecular weight is 501 g/mol. The third kappa shape index (κ3) is 4.41. The Kier molecular flexibility index (Phi) is 6.78. The molecule has 0 aliphatic carbocycles. The Morgan fingerprint density at radius 1 is 0.500 bits per heavy atom. The summed E-state index contributed by atoms with van der Waals surface area (Å²) in [6.07, 6.45) is 8.87. The van der Waals surface area contributed by atoms with Crippen molar-refractivity contribution in [2.75, 3.05) is 0 Å². The molecule has 6 rings (SSSR count). The lowest BCUT2D eigenvalue weighted by Gasteiger charge is -2.03. The van der Waals surface area contributed by atoms with E-state index in [0.29, 0.717) is 0 Å². The summed E-state index contributed by atoms with van der Waals surface area (Å²) in [6, 6.07) is 35.0. The van der Waals surface area contributed by atoms with Gasteiger partial charge in [-0.1, -0.05) is 74.5 Å². The van der Waals surface area contributed by atoms with E-state index in [2.05, 4.69) is 142 Å². The van der Waals surface area contributed by atoms with E-state index in [-0.39, 0.29) is 0 Å². The molecule has 0 spiro atoms. The van der Waals surface area contributed by atoms with E-state index >= 15 is 0 Å². The van der Waals surface area contributed by atoms with E-state index in [1.54, 1.807) is 0 Å². The molecule has 0 aliphatic heterocycles. The van der Waals surface area contributed by atoms with Crippen LogP contribution in [-0.4, -0.2) is 9.13 Å². The highest BCUT2D eigenvalue weighted by Gasteiger charge is 2.20. The molecule has 0 radical (unpaired) electrons. The van der Waals surface area contributed by atoms with Crippen LogP contribution in [0.4, 0.5) is 0 Å². The molecule has 0 atom stereocenters. The van der Waals surface area contributed by atoms with Gasteiger partial charge < -0.3 is 0 Å². The van der Waals surface area contributed by atoms with Crippen LogP contribution in [0, 0.1) is 0 Å². The number of hydrogen-bond acceptors (Lipinski definition) is 0. The number of rotatable bonds is 9. The van der Waals surface area contributed by atoms with Crippen LogP contribution in [0.25, 0.3) is 33.4 Å². The van der Waals surface area contributed by atoms with Gasteiger partial charge in [-0.25, -0.2) is 9.13 Å². The molecule has 4 heteroatoms. The second-order valence-corrected chi connectivity index (χ2v) is 10.0. The highest BCUT2D eigenvalue weighted by molar-refractivity contribution is 5.75. The lowest BCUT2D eigenvalue weighted by molar-refractivity contribution is -0.683. The Morgan fingerprint density at radius 2 is 0.895 bits per heavy atom. The molecule has 0 fully saturated rings. The van der Waals surface area contributed by atoms with Crippen molar-refractivity contribution in [3.05, 3.63) is 121 Å². The summed E-state index contributed by atoms with van der Waals surface area (Å²) >= 11 is 0. The van der Waals surface area contributed by atoms with E-state index in [9.17, 15) is 0 Å². The maximum atomic E-state index is 2.42. The molecule has 4 aromatic carbocycles. The van der Waals surface area contributed by atoms with Gasteiger partial charge in [0.1, 0.15) is 11.4 Å². The Labute approximate surface area is 225 Å². The molecule has 0 amide bonds. The standard InChI is InChI=1S/C34H36N4/c1-3-27-15-5-7-17-29(27)37-25-35(31-19-9-11-21-33(31)37)23-13-14-24-36-26-38(34-22-12-10-20-32(34)36)30-18-8-6-16-28(30)4-2/h5-12,15-22,25-26H,3-4,13-14,23-24H2,1-2H3/q+2. The SMILES string of the molecule is CCc1ccccc1-n1c[n+](CCCC[n+]2cn(-c3ccccc3CC)c3ccccc32)c2ccccc21. The minimum Gasteiger partial charge on any atom is -0.229 e. The third-order valence-corrected chi connectivity index (χ3v) is 7.72. The number of para-hydroxylation sites is 6. The largest absolute Gasteiger partial charge is 0.249 e. The fourth-order valence-electron chi connectivity index (χ4n) is 5.74. The number of hydrogen-bond donors (Lipinski definition) is 0. The van der Waals surface area contributed by atoms with Gasteiger partial charge in [0.25, 0.3) is 0 Å². The zero-order valence-electron chi connectivity index (χ0n) is 22.4. The molecule has 38 heavy (non-hydrogen) atoms. The highest BCUT2D eigenvalue weighted by Crippen LogP contribution is 2.22. The van der Waals surface area contributed by atoms with Gasteiger partial charge in [-0.15, -0.1) is 0 Å². The summed E-state index contributed by atoms with van der Waals surface area (Å²) in [5.41, 5.74) is 10.4. The second kappa shape index (κ2) is 10.7. The molecule has 4 nitrogen and oxygen atoms in total. The summed E-state index contributed by atoms with van der Waals surface area (Å²) in [5.74, 6) is 0. The van der Waals surface area contributed by atoms with Crippen LogP contribution in [0.3, 0.4) is 0 Å². The molecular weight excluding hydrogens is 464 g/mol. The number of benzene rings is 4. The van der Waals surface area contributed by atoms with E-state index in [1.807, 2.05) is 0 Å². The van der Waals surface area contributed by atoms with Gasteiger partial charge in [-0.05, 0) is 73.2 Å². The molecule has 2 heterocycles. The van der Waals surface area contributed by atoms with Gasteiger partial charge in [0.15, 0.2) is 22.1 Å². The topological polar surface area (TPSA) is 17.6 Å². The Balaban J connectivity index is 1.24. The predicted molar refractivity (Wildman–Crippen MR) is 155 cm³/mol. The first-order valence-electron chi connectivity index (χ1n) is 13.9. The van der Waals surface area contributed by atoms with Crippen LogP contribution in [0.2, 0.25) is 0 Å². The van der Waals surface area contributed by atoms with Crippen molar-refractivity contribution in [2.24, 2.45) is 0 Å². The van der Waals surface area contributed by atoms with Gasteiger partial charge in [0.2, 0.25) is 12.7 Å². The van der Waals surface area contributed by atoms with Crippen LogP contribution < -0.4 is 9.13 Å². The summed E-state index contributed by atoms with van der Waals surface area (Å²) in [5, 5.41) is 0. The average Bonchev–Trinajstić information content (AvgIpc) is 3.54. The highest BCUT2D eigenvalue weighted by atomic mass is 15.1. The molecule has 2 aromatic heterocycles. The van der Waals surface area contributed by atoms with Gasteiger partial charge >= 0.3 is 0 Å². The molecule has 0 saturated heterocycles. The van der Waals surface area contributed by atoms with Crippen LogP contribution in [0.5, 0.6) is 0 Å². The van der Waals surface area contributed by atoms with Crippen molar-refractivity contribution in [3.8, 4) is 11.4 Å². The fourth-order valence-corrected chi connectivity index (χ4v) is 5.74. The number of nitrogens with zero attached hydrogens (tertiary/aromatic N) is 4. The molecule has 0 N–H and O–H groups in total. The quantitative estimate of drug-likeness (QED) is 0.154. The van der Waals surface area contributed by atoms with Crippen LogP contribution >= 0.6 is 0 Å². The van der Waals surface area contributed by atoms with Gasteiger partial charge in [-0.3, -0.25) is 0 Å². The first-order chi connectivity index (χ1) is 18.8. The minimum absolute atomic E-state index is 1.000. The second-order valence-electron chi connectivity index (χ2n) is 10.0. The van der Waals surface area contributed by atoms with Gasteiger partial charge in [0.05, 0.1) is 13.1 Å². The summed E-state index contributed by atoms with van der Waals surface area (Å²) in [7, 11) is 0. The van der Waals surface area contributed by atoms with Crippen LogP contribution in [0.1, 0.15) is 37.8 Å². The van der Waals surface area contributed by atoms with E-state index in [4.69, 9.17) is 0 Å². The lowest BCUT2D eigenvalue weighted by Crippen LogP contribution is -2.35. The Bertz CT molecular complexity index is 1580. The van der Waals surface area contributed by atoms with Crippen LogP contribution in [0.15, 0.2) is 110 Å². The number of aromatic nitrogens is 4. The lowest BCUT2D eigenvalue weighted by atomic mass is 10.1. The molecule has 6 aromatic rings. The normalized spacial score (nSPS) is 11.5. The van der Waals surface area contributed by atoms with E-state index in [0.717, 1.165) is 38.8 Å². The number of unbranched alkanes of at least 4 members (excludes halogenated alkanes) is 1. The zero-order valence-corrected chi connectivity index (χ0v) is 22.4. The first kappa shape index (κ1) is 24.2. The minimum atomic E-state index is 1.000. The van der Waals surface area contributed by atoms with E-state index in [1.165, 1.54) is 44.6 Å². The predicted octanol–water partition coefficient (Wildman–Crippen LogP) is 6.75. The van der Waals surface area contributed by atoms with Crippen molar-refractivity contribution >= 4 is 22.1 Å². The van der Waals surface area contributed by atoms with Gasteiger partial charge in [0, 0.05) is 0 Å². The Hall–Kier alpha value is -4.18. The molecule has 0 saturated carbocycles. The smallest absolute Gasteiger partial charge is 0.229 e. The van der Waals surface area contributed by atoms with E-state index < -0.39 is 0 Å². The number of fused-ring (bicyclic) bond motifs is 2. The maximum Gasteiger partial charge on any atom is 0.249 e. The van der Waals surface area contributed by atoms with Crippen molar-refractivity contribution in [3.63, 3.8) is 0 Å². The summed E-state index contributed by atoms with van der Waals surface area (Å²) in [6.45, 7) is 6.46. The summed E-state index contributed by atoms with van der Waals surface area (Å²) in [4.78, 5) is 0. The summed E-state index contributed by atoms with van der Waals surface area (Å²) < 4.78 is 9.57. The maximum absolute atomic E-state index is 2.42. The third-order valence-electron chi connectivity index (χ3n) is 7.72. The zero-order chi connectivity index (χ0) is 25.9. The fraction of sp³-hybridized carbons (Fsp3) is 0.235. The van der Waals surface area contributed by atoms with Crippen LogP contribution in [-0.2, 0) is 25.9 Å². The number of aryl methyl sites for hydroxylation is 4. The molecule has 0 bridgehead atoms. The number of imidazole rings is 2. The Morgan fingerprint density at radius 3 is 1.34 bits per heavy atom. The van der Waals surface area contributed by atoms with Crippen molar-refractivity contribution in [1.82, 2.24) is 9.13 Å². The van der Waals surface area contributed by atoms with Crippen molar-refractivity contribution < 1.29 is 9.13 Å². The van der Waals surface area contributed by atoms with Gasteiger partial charge in [-0.2, -0.15) is 9.13 Å². The molecule has 0 aliphatic rings. The molecule has 190 valence electrons. The first-order valence-corrected chi connectivity index (χ1v) is 13.9. The monoisotopic (exact) mass is 500 g/mol. The molecular formula is C34H36N4+2. The molecule has 0 unspecified atom stereocenters. The van der Waals surface area contributed by atoms with Crippen molar-refractivity contribution in [1.29, 1.82) is 0 Å². The van der Waals surface area contributed by atoms with Crippen molar-refractivity contribution in [2.45, 2.75) is 52.6 Å².